The van der Waals surface area contributed by atoms with Gasteiger partial charge < -0.3 is 24.5 Å². The molecule has 0 N–H and O–H groups in total. The number of likely N-dealkylation sites (tertiary alicyclic amines) is 2. The van der Waals surface area contributed by atoms with Crippen LogP contribution >= 0.6 is 0 Å². The van der Waals surface area contributed by atoms with Crippen molar-refractivity contribution in [3.05, 3.63) is 77.3 Å². The van der Waals surface area contributed by atoms with Gasteiger partial charge >= 0.3 is 29.6 Å². The number of ether oxygens (including phenoxy) is 4. The molecule has 12 nitrogen and oxygen atoms in total. The minimum atomic E-state index is -1.09. The summed E-state index contributed by atoms with van der Waals surface area (Å²) in [5, 5.41) is 0. The second kappa shape index (κ2) is 15.9. The molecule has 2 aromatic carbocycles. The van der Waals surface area contributed by atoms with Gasteiger partial charge in [0.2, 0.25) is 0 Å². The van der Waals surface area contributed by atoms with E-state index in [9.17, 15) is 24.7 Å². The van der Waals surface area contributed by atoms with Crippen molar-refractivity contribution >= 4 is 29.6 Å². The number of benzene rings is 2. The van der Waals surface area contributed by atoms with Crippen molar-refractivity contribution in [3.63, 3.8) is 0 Å². The molecule has 0 aromatic heterocycles. The van der Waals surface area contributed by atoms with E-state index in [1.165, 1.54) is 0 Å². The third kappa shape index (κ3) is 9.90. The standard InChI is InChI=1S/C39H52N4O8/c1-36(2)23-29(50-32(44)27-15-11-9-12-16-27)24-37(3,4)42(36)19-21-48-34(46)31(41-40)35(47)49-22-20-43-38(5,6)25-30(26-39(43,7)8)51-33(45)28-17-13-10-14-18-28/h9-18,29-30H,19-26H2,1-8H3. The van der Waals surface area contributed by atoms with Crippen molar-refractivity contribution in [2.45, 2.75) is 115 Å². The second-order valence-electron chi connectivity index (χ2n) is 15.9. The van der Waals surface area contributed by atoms with Gasteiger partial charge in [-0.25, -0.2) is 19.2 Å². The van der Waals surface area contributed by atoms with Crippen LogP contribution in [0.3, 0.4) is 0 Å². The Labute approximate surface area is 301 Å². The molecule has 0 radical (unpaired) electrons. The Morgan fingerprint density at radius 1 is 0.608 bits per heavy atom. The molecule has 2 aromatic rings. The van der Waals surface area contributed by atoms with E-state index in [4.69, 9.17) is 18.9 Å². The third-order valence-corrected chi connectivity index (χ3v) is 9.98. The highest BCUT2D eigenvalue weighted by Gasteiger charge is 2.48. The van der Waals surface area contributed by atoms with E-state index in [-0.39, 0.29) is 37.4 Å². The van der Waals surface area contributed by atoms with Crippen LogP contribution in [0.2, 0.25) is 0 Å². The van der Waals surface area contributed by atoms with E-state index in [1.807, 2.05) is 67.5 Å². The van der Waals surface area contributed by atoms with Gasteiger partial charge in [-0.3, -0.25) is 9.80 Å². The van der Waals surface area contributed by atoms with Gasteiger partial charge in [-0.05, 0) is 79.7 Å². The lowest BCUT2D eigenvalue weighted by Crippen LogP contribution is -2.63. The van der Waals surface area contributed by atoms with Crippen LogP contribution in [0.5, 0.6) is 0 Å². The molecule has 2 saturated heterocycles. The molecule has 4 rings (SSSR count). The summed E-state index contributed by atoms with van der Waals surface area (Å²) in [7, 11) is 0. The van der Waals surface area contributed by atoms with Crippen LogP contribution in [0.15, 0.2) is 60.7 Å². The van der Waals surface area contributed by atoms with Crippen molar-refractivity contribution in [1.29, 1.82) is 0 Å². The van der Waals surface area contributed by atoms with Gasteiger partial charge in [0.15, 0.2) is 0 Å². The van der Waals surface area contributed by atoms with Gasteiger partial charge in [-0.2, -0.15) is 4.79 Å². The SMILES string of the molecule is CC1(C)CC(OC(=O)c2ccccc2)CC(C)(C)N1CCOC(=O)C(=[N+]=[N-])C(=O)OCCN1C(C)(C)CC(OC(=O)c2ccccc2)CC1(C)C. The molecule has 0 atom stereocenters. The summed E-state index contributed by atoms with van der Waals surface area (Å²) in [5.74, 6) is -2.91. The van der Waals surface area contributed by atoms with Gasteiger partial charge in [0.05, 0.1) is 11.1 Å². The van der Waals surface area contributed by atoms with Crippen LogP contribution in [0, 0.1) is 0 Å². The van der Waals surface area contributed by atoms with Gasteiger partial charge in [0, 0.05) is 60.9 Å². The Hall–Kier alpha value is -4.38. The molecule has 0 amide bonds. The Kier molecular flexibility index (Phi) is 12.3. The highest BCUT2D eigenvalue weighted by atomic mass is 16.6. The van der Waals surface area contributed by atoms with Gasteiger partial charge in [-0.15, -0.1) is 0 Å². The normalized spacial score (nSPS) is 20.0. The molecular weight excluding hydrogens is 652 g/mol. The van der Waals surface area contributed by atoms with Crippen LogP contribution in [0.4, 0.5) is 0 Å². The maximum atomic E-state index is 12.8. The average molecular weight is 705 g/mol. The first-order valence-electron chi connectivity index (χ1n) is 17.5. The van der Waals surface area contributed by atoms with Gasteiger partial charge in [-0.1, -0.05) is 36.4 Å². The quantitative estimate of drug-likeness (QED) is 0.0693. The highest BCUT2D eigenvalue weighted by molar-refractivity contribution is 6.60. The van der Waals surface area contributed by atoms with Crippen molar-refractivity contribution in [3.8, 4) is 0 Å². The highest BCUT2D eigenvalue weighted by Crippen LogP contribution is 2.41. The fourth-order valence-corrected chi connectivity index (χ4v) is 8.18. The van der Waals surface area contributed by atoms with Gasteiger partial charge in [0.25, 0.3) is 0 Å². The molecule has 2 heterocycles. The molecular formula is C39H52N4O8. The summed E-state index contributed by atoms with van der Waals surface area (Å²) in [6.45, 7) is 16.9. The second-order valence-corrected chi connectivity index (χ2v) is 15.9. The monoisotopic (exact) mass is 704 g/mol. The lowest BCUT2D eigenvalue weighted by Gasteiger charge is -2.54. The maximum absolute atomic E-state index is 12.8. The third-order valence-electron chi connectivity index (χ3n) is 9.98. The van der Waals surface area contributed by atoms with Crippen molar-refractivity contribution in [2.24, 2.45) is 0 Å². The molecule has 51 heavy (non-hydrogen) atoms. The zero-order valence-corrected chi connectivity index (χ0v) is 31.1. The first-order chi connectivity index (χ1) is 23.9. The topological polar surface area (TPSA) is 148 Å². The molecule has 0 aliphatic carbocycles. The first-order valence-corrected chi connectivity index (χ1v) is 17.5. The molecule has 276 valence electrons. The number of nitrogens with zero attached hydrogens (tertiary/aromatic N) is 4. The zero-order valence-electron chi connectivity index (χ0n) is 31.1. The molecule has 0 bridgehead atoms. The van der Waals surface area contributed by atoms with Crippen molar-refractivity contribution < 1.29 is 42.9 Å². The molecule has 2 aliphatic rings. The number of esters is 4. The van der Waals surface area contributed by atoms with Crippen LogP contribution < -0.4 is 0 Å². The van der Waals surface area contributed by atoms with E-state index >= 15 is 0 Å². The molecule has 0 unspecified atom stereocenters. The minimum Gasteiger partial charge on any atom is -0.459 e. The Morgan fingerprint density at radius 3 is 1.22 bits per heavy atom. The van der Waals surface area contributed by atoms with Crippen LogP contribution in [-0.4, -0.2) is 105 Å². The minimum absolute atomic E-state index is 0.0708. The van der Waals surface area contributed by atoms with Crippen molar-refractivity contribution in [1.82, 2.24) is 9.80 Å². The number of piperidine rings is 2. The molecule has 2 fully saturated rings. The van der Waals surface area contributed by atoms with Crippen LogP contribution in [-0.2, 0) is 28.5 Å². The summed E-state index contributed by atoms with van der Waals surface area (Å²) in [5.41, 5.74) is 8.04. The van der Waals surface area contributed by atoms with Crippen LogP contribution in [0.1, 0.15) is 102 Å². The Balaban J connectivity index is 1.25. The predicted molar refractivity (Wildman–Crippen MR) is 190 cm³/mol. The number of rotatable bonds is 12. The van der Waals surface area contributed by atoms with E-state index in [0.717, 1.165) is 0 Å². The van der Waals surface area contributed by atoms with E-state index in [0.29, 0.717) is 49.9 Å². The van der Waals surface area contributed by atoms with Crippen molar-refractivity contribution in [2.75, 3.05) is 26.3 Å². The fraction of sp³-hybridized carbons (Fsp3) is 0.564. The van der Waals surface area contributed by atoms with Gasteiger partial charge in [0.1, 0.15) is 25.4 Å². The summed E-state index contributed by atoms with van der Waals surface area (Å²) < 4.78 is 22.5. The molecule has 0 saturated carbocycles. The summed E-state index contributed by atoms with van der Waals surface area (Å²) in [6.07, 6.45) is 1.69. The smallest absolute Gasteiger partial charge is 0.459 e. The molecule has 12 heteroatoms. The number of carbonyl (C=O) groups excluding carboxylic acids is 4. The van der Waals surface area contributed by atoms with E-state index < -0.39 is 39.8 Å². The number of hydrogen-bond donors (Lipinski definition) is 0. The fourth-order valence-electron chi connectivity index (χ4n) is 8.18. The lowest BCUT2D eigenvalue weighted by atomic mass is 9.78. The Morgan fingerprint density at radius 2 is 0.922 bits per heavy atom. The van der Waals surface area contributed by atoms with Crippen LogP contribution in [0.25, 0.3) is 5.53 Å². The van der Waals surface area contributed by atoms with E-state index in [1.54, 1.807) is 48.5 Å². The summed E-state index contributed by atoms with van der Waals surface area (Å²) in [6, 6.07) is 17.8. The summed E-state index contributed by atoms with van der Waals surface area (Å²) in [4.78, 5) is 58.4. The zero-order chi connectivity index (χ0) is 37.6. The first kappa shape index (κ1) is 39.4. The largest absolute Gasteiger partial charge is 0.482 e. The predicted octanol–water partition coefficient (Wildman–Crippen LogP) is 5.50. The molecule has 2 aliphatic heterocycles. The molecule has 0 spiro atoms. The average Bonchev–Trinajstić information content (AvgIpc) is 3.03. The maximum Gasteiger partial charge on any atom is 0.482 e. The Bertz CT molecular complexity index is 1470. The lowest BCUT2D eigenvalue weighted by molar-refractivity contribution is -0.152. The summed E-state index contributed by atoms with van der Waals surface area (Å²) >= 11 is 0. The number of carbonyl (C=O) groups is 4. The van der Waals surface area contributed by atoms with E-state index in [2.05, 4.69) is 14.6 Å². The number of hydrogen-bond acceptors (Lipinski definition) is 10.